The first kappa shape index (κ1) is 19.5. The van der Waals surface area contributed by atoms with E-state index in [4.69, 9.17) is 5.73 Å². The number of nitrogens with two attached hydrogens (primary N) is 1. The van der Waals surface area contributed by atoms with Crippen LogP contribution < -0.4 is 11.1 Å². The van der Waals surface area contributed by atoms with E-state index < -0.39 is 5.91 Å². The lowest BCUT2D eigenvalue weighted by atomic mass is 10.1. The zero-order chi connectivity index (χ0) is 20.3. The number of aromatic nitrogens is 3. The van der Waals surface area contributed by atoms with Crippen LogP contribution in [0.15, 0.2) is 30.5 Å². The maximum Gasteiger partial charge on any atom is 0.254 e. The minimum Gasteiger partial charge on any atom is -0.365 e. The number of aryl methyl sites for hydroxylation is 2. The summed E-state index contributed by atoms with van der Waals surface area (Å²) in [5, 5.41) is 7.03. The maximum absolute atomic E-state index is 13.2. The Morgan fingerprint density at radius 2 is 2.04 bits per heavy atom. The molecule has 2 heterocycles. The number of carbonyl (C=O) groups is 2. The summed E-state index contributed by atoms with van der Waals surface area (Å²) < 4.78 is 14.7. The average Bonchev–Trinajstić information content (AvgIpc) is 3.05. The van der Waals surface area contributed by atoms with E-state index in [0.717, 1.165) is 22.5 Å². The normalized spacial score (nSPS) is 11.0. The van der Waals surface area contributed by atoms with E-state index in [-0.39, 0.29) is 17.3 Å². The number of hydrogen-bond acceptors (Lipinski definition) is 4. The molecule has 0 aliphatic carbocycles. The molecule has 0 radical (unpaired) electrons. The summed E-state index contributed by atoms with van der Waals surface area (Å²) in [5.41, 5.74) is 9.35. The lowest BCUT2D eigenvalue weighted by Crippen LogP contribution is -2.26. The fraction of sp³-hybridized carbons (Fsp3) is 0.300. The molecule has 0 saturated carbocycles. The fourth-order valence-electron chi connectivity index (χ4n) is 3.21. The maximum atomic E-state index is 13.2. The quantitative estimate of drug-likeness (QED) is 0.650. The molecule has 146 valence electrons. The second-order valence-corrected chi connectivity index (χ2v) is 6.65. The van der Waals surface area contributed by atoms with E-state index in [1.54, 1.807) is 10.6 Å². The molecule has 1 aromatic carbocycles. The zero-order valence-corrected chi connectivity index (χ0v) is 15.8. The van der Waals surface area contributed by atoms with Crippen LogP contribution in [0.2, 0.25) is 0 Å². The van der Waals surface area contributed by atoms with Gasteiger partial charge in [-0.1, -0.05) is 12.1 Å². The summed E-state index contributed by atoms with van der Waals surface area (Å²) in [5.74, 6) is -0.948. The average molecular weight is 383 g/mol. The monoisotopic (exact) mass is 383 g/mol. The van der Waals surface area contributed by atoms with Gasteiger partial charge in [0.2, 0.25) is 5.91 Å². The number of primary amides is 1. The number of nitrogens with zero attached hydrogens (tertiary/aromatic N) is 3. The van der Waals surface area contributed by atoms with Crippen molar-refractivity contribution in [3.63, 3.8) is 0 Å². The van der Waals surface area contributed by atoms with Crippen molar-refractivity contribution in [3.8, 4) is 0 Å². The number of fused-ring (bicyclic) bond motifs is 1. The third kappa shape index (κ3) is 4.16. The van der Waals surface area contributed by atoms with Crippen molar-refractivity contribution < 1.29 is 14.0 Å². The Hall–Kier alpha value is -3.29. The van der Waals surface area contributed by atoms with Gasteiger partial charge in [0.1, 0.15) is 11.4 Å². The highest BCUT2D eigenvalue weighted by Crippen LogP contribution is 2.18. The Balaban J connectivity index is 1.61. The van der Waals surface area contributed by atoms with Crippen LogP contribution in [-0.4, -0.2) is 33.0 Å². The summed E-state index contributed by atoms with van der Waals surface area (Å²) in [4.78, 5) is 28.1. The zero-order valence-electron chi connectivity index (χ0n) is 15.8. The summed E-state index contributed by atoms with van der Waals surface area (Å²) in [7, 11) is 0. The number of carbonyl (C=O) groups excluding carboxylic acids is 2. The van der Waals surface area contributed by atoms with E-state index in [1.165, 1.54) is 18.3 Å². The number of nitrogens with one attached hydrogen (secondary N) is 1. The van der Waals surface area contributed by atoms with Gasteiger partial charge in [-0.15, -0.1) is 0 Å². The van der Waals surface area contributed by atoms with Gasteiger partial charge in [-0.25, -0.2) is 13.9 Å². The van der Waals surface area contributed by atoms with E-state index in [2.05, 4.69) is 15.4 Å². The lowest BCUT2D eigenvalue weighted by Gasteiger charge is -2.11. The second kappa shape index (κ2) is 8.16. The standard InChI is InChI=1S/C20H22FN5O2/c1-12-16(13(2)26-20(25-12)17(11-24-26)19(22)28)6-7-18(27)23-9-8-14-4-3-5-15(21)10-14/h3-5,10-11H,6-9H2,1-2H3,(H2,22,28)(H,23,27). The highest BCUT2D eigenvalue weighted by atomic mass is 19.1. The van der Waals surface area contributed by atoms with Gasteiger partial charge in [0.25, 0.3) is 5.91 Å². The summed E-state index contributed by atoms with van der Waals surface area (Å²) in [6, 6.07) is 6.33. The molecule has 2 aromatic heterocycles. The largest absolute Gasteiger partial charge is 0.365 e. The van der Waals surface area contributed by atoms with E-state index in [0.29, 0.717) is 31.5 Å². The molecule has 0 saturated heterocycles. The molecule has 28 heavy (non-hydrogen) atoms. The van der Waals surface area contributed by atoms with Crippen molar-refractivity contribution in [2.75, 3.05) is 6.54 Å². The third-order valence-electron chi connectivity index (χ3n) is 4.70. The van der Waals surface area contributed by atoms with Crippen molar-refractivity contribution in [2.45, 2.75) is 33.1 Å². The van der Waals surface area contributed by atoms with E-state index in [9.17, 15) is 14.0 Å². The SMILES string of the molecule is Cc1nc2c(C(N)=O)cnn2c(C)c1CCC(=O)NCCc1cccc(F)c1. The molecule has 3 rings (SSSR count). The van der Waals surface area contributed by atoms with Crippen molar-refractivity contribution in [2.24, 2.45) is 5.73 Å². The van der Waals surface area contributed by atoms with Gasteiger partial charge in [-0.05, 0) is 49.9 Å². The molecule has 0 spiro atoms. The molecule has 0 bridgehead atoms. The van der Waals surface area contributed by atoms with Gasteiger partial charge < -0.3 is 11.1 Å². The molecule has 0 aliphatic heterocycles. The summed E-state index contributed by atoms with van der Waals surface area (Å²) >= 11 is 0. The minimum absolute atomic E-state index is 0.0893. The molecule has 2 amide bonds. The summed E-state index contributed by atoms with van der Waals surface area (Å²) in [6.07, 6.45) is 2.76. The molecule has 3 aromatic rings. The molecule has 8 heteroatoms. The predicted molar refractivity (Wildman–Crippen MR) is 102 cm³/mol. The molecule has 3 N–H and O–H groups in total. The van der Waals surface area contributed by atoms with E-state index in [1.807, 2.05) is 19.9 Å². The smallest absolute Gasteiger partial charge is 0.254 e. The van der Waals surface area contributed by atoms with Crippen LogP contribution >= 0.6 is 0 Å². The Labute approximate surface area is 161 Å². The van der Waals surface area contributed by atoms with Crippen LogP contribution in [0.25, 0.3) is 5.65 Å². The van der Waals surface area contributed by atoms with Crippen LogP contribution in [0.1, 0.15) is 39.3 Å². The van der Waals surface area contributed by atoms with Crippen LogP contribution in [0.5, 0.6) is 0 Å². The Kier molecular flexibility index (Phi) is 5.67. The molecule has 7 nitrogen and oxygen atoms in total. The number of benzene rings is 1. The predicted octanol–water partition coefficient (Wildman–Crippen LogP) is 1.88. The first-order valence-electron chi connectivity index (χ1n) is 9.01. The number of hydrogen-bond donors (Lipinski definition) is 2. The highest BCUT2D eigenvalue weighted by molar-refractivity contribution is 5.98. The van der Waals surface area contributed by atoms with Gasteiger partial charge in [0.05, 0.1) is 6.20 Å². The van der Waals surface area contributed by atoms with Crippen molar-refractivity contribution >= 4 is 17.5 Å². The van der Waals surface area contributed by atoms with Crippen molar-refractivity contribution in [3.05, 3.63) is 64.4 Å². The molecule has 0 fully saturated rings. The summed E-state index contributed by atoms with van der Waals surface area (Å²) in [6.45, 7) is 4.15. The minimum atomic E-state index is -0.577. The first-order valence-corrected chi connectivity index (χ1v) is 9.01. The number of rotatable bonds is 7. The fourth-order valence-corrected chi connectivity index (χ4v) is 3.21. The van der Waals surface area contributed by atoms with Crippen LogP contribution in [0.4, 0.5) is 4.39 Å². The van der Waals surface area contributed by atoms with Crippen molar-refractivity contribution in [1.82, 2.24) is 19.9 Å². The number of halogens is 1. The molecular formula is C20H22FN5O2. The lowest BCUT2D eigenvalue weighted by molar-refractivity contribution is -0.121. The Bertz CT molecular complexity index is 1040. The van der Waals surface area contributed by atoms with Gasteiger partial charge in [0.15, 0.2) is 5.65 Å². The van der Waals surface area contributed by atoms with Crippen molar-refractivity contribution in [1.29, 1.82) is 0 Å². The van der Waals surface area contributed by atoms with E-state index >= 15 is 0 Å². The Morgan fingerprint density at radius 3 is 2.75 bits per heavy atom. The second-order valence-electron chi connectivity index (χ2n) is 6.65. The third-order valence-corrected chi connectivity index (χ3v) is 4.70. The van der Waals surface area contributed by atoms with Crippen LogP contribution in [0.3, 0.4) is 0 Å². The topological polar surface area (TPSA) is 102 Å². The molecular weight excluding hydrogens is 361 g/mol. The first-order chi connectivity index (χ1) is 13.4. The van der Waals surface area contributed by atoms with Gasteiger partial charge in [0, 0.05) is 24.4 Å². The van der Waals surface area contributed by atoms with Crippen LogP contribution in [0, 0.1) is 19.7 Å². The Morgan fingerprint density at radius 1 is 1.25 bits per heavy atom. The molecule has 0 unspecified atom stereocenters. The highest BCUT2D eigenvalue weighted by Gasteiger charge is 2.17. The van der Waals surface area contributed by atoms with Gasteiger partial charge in [-0.2, -0.15) is 5.10 Å². The van der Waals surface area contributed by atoms with Crippen LogP contribution in [-0.2, 0) is 17.6 Å². The van der Waals surface area contributed by atoms with Gasteiger partial charge >= 0.3 is 0 Å². The molecule has 0 atom stereocenters. The van der Waals surface area contributed by atoms with Gasteiger partial charge in [-0.3, -0.25) is 9.59 Å². The molecule has 0 aliphatic rings. The number of amides is 2.